The number of ether oxygens (including phenoxy) is 1. The highest BCUT2D eigenvalue weighted by molar-refractivity contribution is 5.73. The Morgan fingerprint density at radius 3 is 2.53 bits per heavy atom. The highest BCUT2D eigenvalue weighted by Gasteiger charge is 2.31. The summed E-state index contributed by atoms with van der Waals surface area (Å²) in [5.41, 5.74) is 0. The Bertz CT molecular complexity index is 237. The maximum Gasteiger partial charge on any atom is 0.306 e. The Hall–Kier alpha value is -1.06. The Balaban J connectivity index is 2.61. The van der Waals surface area contributed by atoms with Crippen LogP contribution in [0.1, 0.15) is 38.5 Å². The molecule has 2 atom stereocenters. The maximum atomic E-state index is 11.1. The quantitative estimate of drug-likeness (QED) is 0.575. The van der Waals surface area contributed by atoms with Crippen LogP contribution in [-0.4, -0.2) is 24.2 Å². The summed E-state index contributed by atoms with van der Waals surface area (Å²) in [5, 5.41) is 9.07. The fourth-order valence-corrected chi connectivity index (χ4v) is 2.25. The predicted molar refractivity (Wildman–Crippen MR) is 54.3 cm³/mol. The molecule has 4 heteroatoms. The van der Waals surface area contributed by atoms with Gasteiger partial charge in [0, 0.05) is 6.42 Å². The summed E-state index contributed by atoms with van der Waals surface area (Å²) < 4.78 is 4.59. The van der Waals surface area contributed by atoms with Crippen LogP contribution in [0.4, 0.5) is 0 Å². The van der Waals surface area contributed by atoms with Gasteiger partial charge in [-0.15, -0.1) is 0 Å². The first-order valence-corrected chi connectivity index (χ1v) is 5.44. The third-order valence-corrected chi connectivity index (χ3v) is 3.13. The van der Waals surface area contributed by atoms with Gasteiger partial charge in [0.05, 0.1) is 13.0 Å². The summed E-state index contributed by atoms with van der Waals surface area (Å²) in [6.45, 7) is 0. The zero-order chi connectivity index (χ0) is 11.3. The smallest absolute Gasteiger partial charge is 0.306 e. The third kappa shape index (κ3) is 3.53. The van der Waals surface area contributed by atoms with Crippen LogP contribution in [0.3, 0.4) is 0 Å². The second-order valence-electron chi connectivity index (χ2n) is 4.12. The fraction of sp³-hybridized carbons (Fsp3) is 0.818. The molecule has 0 unspecified atom stereocenters. The summed E-state index contributed by atoms with van der Waals surface area (Å²) in [4.78, 5) is 22.2. The van der Waals surface area contributed by atoms with Crippen LogP contribution in [0.25, 0.3) is 0 Å². The lowest BCUT2D eigenvalue weighted by atomic mass is 9.85. The van der Waals surface area contributed by atoms with Crippen LogP contribution in [-0.2, 0) is 14.3 Å². The van der Waals surface area contributed by atoms with E-state index in [9.17, 15) is 9.59 Å². The van der Waals surface area contributed by atoms with Crippen LogP contribution < -0.4 is 0 Å². The van der Waals surface area contributed by atoms with Gasteiger partial charge in [-0.05, 0) is 18.8 Å². The van der Waals surface area contributed by atoms with Gasteiger partial charge in [0.25, 0.3) is 0 Å². The molecule has 1 aliphatic carbocycles. The van der Waals surface area contributed by atoms with E-state index in [1.807, 2.05) is 0 Å². The van der Waals surface area contributed by atoms with Crippen molar-refractivity contribution in [1.82, 2.24) is 0 Å². The fourth-order valence-electron chi connectivity index (χ4n) is 2.25. The van der Waals surface area contributed by atoms with E-state index in [4.69, 9.17) is 5.11 Å². The number of carbonyl (C=O) groups is 2. The summed E-state index contributed by atoms with van der Waals surface area (Å²) in [5.74, 6) is -1.48. The summed E-state index contributed by atoms with van der Waals surface area (Å²) >= 11 is 0. The molecule has 1 N–H and O–H groups in total. The van der Waals surface area contributed by atoms with Gasteiger partial charge in [-0.2, -0.15) is 0 Å². The first kappa shape index (κ1) is 12.0. The minimum Gasteiger partial charge on any atom is -0.481 e. The molecule has 15 heavy (non-hydrogen) atoms. The summed E-state index contributed by atoms with van der Waals surface area (Å²) in [6, 6.07) is 0. The Labute approximate surface area is 89.6 Å². The molecule has 1 rings (SSSR count). The molecule has 0 aromatic carbocycles. The molecule has 0 radical (unpaired) electrons. The lowest BCUT2D eigenvalue weighted by molar-refractivity contribution is -0.147. The number of hydrogen-bond donors (Lipinski definition) is 1. The SMILES string of the molecule is COC(=O)C[C@H]1CCCCC[C@H]1C(=O)O. The molecule has 0 amide bonds. The number of carbonyl (C=O) groups excluding carboxylic acids is 1. The Morgan fingerprint density at radius 1 is 1.27 bits per heavy atom. The minimum atomic E-state index is -0.772. The van der Waals surface area contributed by atoms with Crippen molar-refractivity contribution >= 4 is 11.9 Å². The highest BCUT2D eigenvalue weighted by atomic mass is 16.5. The zero-order valence-corrected chi connectivity index (χ0v) is 9.07. The molecule has 1 aliphatic rings. The Kier molecular flexibility index (Phi) is 4.59. The standard InChI is InChI=1S/C11H18O4/c1-15-10(12)7-8-5-3-2-4-6-9(8)11(13)14/h8-9H,2-7H2,1H3,(H,13,14)/t8-,9-/m1/s1. The number of rotatable bonds is 3. The van der Waals surface area contributed by atoms with Crippen molar-refractivity contribution in [1.29, 1.82) is 0 Å². The van der Waals surface area contributed by atoms with Gasteiger partial charge in [0.1, 0.15) is 0 Å². The maximum absolute atomic E-state index is 11.1. The van der Waals surface area contributed by atoms with Crippen molar-refractivity contribution < 1.29 is 19.4 Å². The predicted octanol–water partition coefficient (Wildman–Crippen LogP) is 1.83. The molecular formula is C11H18O4. The van der Waals surface area contributed by atoms with Crippen molar-refractivity contribution in [2.75, 3.05) is 7.11 Å². The van der Waals surface area contributed by atoms with E-state index in [-0.39, 0.29) is 24.2 Å². The summed E-state index contributed by atoms with van der Waals surface area (Å²) in [6.07, 6.45) is 4.80. The second-order valence-corrected chi connectivity index (χ2v) is 4.12. The van der Waals surface area contributed by atoms with Crippen LogP contribution in [0.5, 0.6) is 0 Å². The zero-order valence-electron chi connectivity index (χ0n) is 9.07. The number of carboxylic acid groups (broad SMARTS) is 1. The monoisotopic (exact) mass is 214 g/mol. The molecule has 0 spiro atoms. The van der Waals surface area contributed by atoms with E-state index < -0.39 is 5.97 Å². The Morgan fingerprint density at radius 2 is 1.93 bits per heavy atom. The van der Waals surface area contributed by atoms with Crippen molar-refractivity contribution in [3.05, 3.63) is 0 Å². The van der Waals surface area contributed by atoms with Gasteiger partial charge in [-0.3, -0.25) is 9.59 Å². The van der Waals surface area contributed by atoms with E-state index in [0.29, 0.717) is 6.42 Å². The van der Waals surface area contributed by atoms with Gasteiger partial charge < -0.3 is 9.84 Å². The largest absolute Gasteiger partial charge is 0.481 e. The number of carboxylic acids is 1. The van der Waals surface area contributed by atoms with Crippen molar-refractivity contribution in [2.24, 2.45) is 11.8 Å². The lowest BCUT2D eigenvalue weighted by Gasteiger charge is -2.19. The van der Waals surface area contributed by atoms with Crippen molar-refractivity contribution in [2.45, 2.75) is 38.5 Å². The van der Waals surface area contributed by atoms with Gasteiger partial charge in [-0.25, -0.2) is 0 Å². The number of hydrogen-bond acceptors (Lipinski definition) is 3. The van der Waals surface area contributed by atoms with E-state index in [2.05, 4.69) is 4.74 Å². The molecular weight excluding hydrogens is 196 g/mol. The number of methoxy groups -OCH3 is 1. The van der Waals surface area contributed by atoms with Crippen molar-refractivity contribution in [3.63, 3.8) is 0 Å². The van der Waals surface area contributed by atoms with Gasteiger partial charge in [-0.1, -0.05) is 19.3 Å². The van der Waals surface area contributed by atoms with Crippen LogP contribution in [0, 0.1) is 11.8 Å². The molecule has 0 aliphatic heterocycles. The average Bonchev–Trinajstić information content (AvgIpc) is 2.43. The first-order chi connectivity index (χ1) is 7.15. The molecule has 0 heterocycles. The molecule has 1 saturated carbocycles. The minimum absolute atomic E-state index is 0.0440. The van der Waals surface area contributed by atoms with Crippen molar-refractivity contribution in [3.8, 4) is 0 Å². The normalized spacial score (nSPS) is 26.7. The third-order valence-electron chi connectivity index (χ3n) is 3.13. The van der Waals surface area contributed by atoms with Crippen LogP contribution in [0.15, 0.2) is 0 Å². The molecule has 0 bridgehead atoms. The lowest BCUT2D eigenvalue weighted by Crippen LogP contribution is -2.25. The van der Waals surface area contributed by atoms with Crippen LogP contribution >= 0.6 is 0 Å². The highest BCUT2D eigenvalue weighted by Crippen LogP contribution is 2.31. The van der Waals surface area contributed by atoms with Gasteiger partial charge >= 0.3 is 11.9 Å². The molecule has 0 aromatic heterocycles. The number of aliphatic carboxylic acids is 1. The second kappa shape index (κ2) is 5.73. The average molecular weight is 214 g/mol. The molecule has 0 saturated heterocycles. The van der Waals surface area contributed by atoms with E-state index >= 15 is 0 Å². The molecule has 4 nitrogen and oxygen atoms in total. The van der Waals surface area contributed by atoms with Crippen LogP contribution in [0.2, 0.25) is 0 Å². The van der Waals surface area contributed by atoms with E-state index in [1.165, 1.54) is 7.11 Å². The molecule has 1 fully saturated rings. The number of esters is 1. The van der Waals surface area contributed by atoms with E-state index in [0.717, 1.165) is 25.7 Å². The molecule has 0 aromatic rings. The first-order valence-electron chi connectivity index (χ1n) is 5.44. The van der Waals surface area contributed by atoms with Gasteiger partial charge in [0.2, 0.25) is 0 Å². The summed E-state index contributed by atoms with van der Waals surface area (Å²) in [7, 11) is 1.34. The van der Waals surface area contributed by atoms with Gasteiger partial charge in [0.15, 0.2) is 0 Å². The van der Waals surface area contributed by atoms with E-state index in [1.54, 1.807) is 0 Å². The topological polar surface area (TPSA) is 63.6 Å². The molecule has 86 valence electrons.